The van der Waals surface area contributed by atoms with E-state index in [1.54, 1.807) is 6.07 Å². The summed E-state index contributed by atoms with van der Waals surface area (Å²) in [5, 5.41) is 16.0. The lowest BCUT2D eigenvalue weighted by Crippen LogP contribution is -2.33. The van der Waals surface area contributed by atoms with Crippen LogP contribution in [-0.2, 0) is 6.54 Å². The lowest BCUT2D eigenvalue weighted by atomic mass is 10.3. The van der Waals surface area contributed by atoms with E-state index in [1.165, 1.54) is 24.2 Å². The first-order valence-electron chi connectivity index (χ1n) is 6.37. The van der Waals surface area contributed by atoms with Gasteiger partial charge in [0.1, 0.15) is 0 Å². The Morgan fingerprint density at radius 1 is 1.61 bits per heavy atom. The first-order valence-corrected chi connectivity index (χ1v) is 7.25. The van der Waals surface area contributed by atoms with E-state index in [0.29, 0.717) is 6.54 Å². The van der Waals surface area contributed by atoms with Gasteiger partial charge in [-0.05, 0) is 24.9 Å². The molecule has 100 valence electrons. The molecular formula is C12H19N3O2S. The highest BCUT2D eigenvalue weighted by Gasteiger charge is 2.26. The zero-order valence-corrected chi connectivity index (χ0v) is 11.4. The minimum Gasteiger partial charge on any atom is -0.311 e. The van der Waals surface area contributed by atoms with E-state index in [4.69, 9.17) is 0 Å². The van der Waals surface area contributed by atoms with Crippen molar-refractivity contribution < 1.29 is 4.92 Å². The van der Waals surface area contributed by atoms with Gasteiger partial charge in [-0.25, -0.2) is 0 Å². The van der Waals surface area contributed by atoms with Gasteiger partial charge in [0, 0.05) is 37.1 Å². The van der Waals surface area contributed by atoms with E-state index >= 15 is 0 Å². The van der Waals surface area contributed by atoms with Crippen molar-refractivity contribution in [1.29, 1.82) is 0 Å². The van der Waals surface area contributed by atoms with Gasteiger partial charge < -0.3 is 5.32 Å². The Hall–Kier alpha value is -0.980. The van der Waals surface area contributed by atoms with Crippen molar-refractivity contribution >= 4 is 16.3 Å². The molecule has 1 saturated carbocycles. The number of hydrogen-bond donors (Lipinski definition) is 1. The second-order valence-electron chi connectivity index (χ2n) is 4.59. The Bertz CT molecular complexity index is 404. The molecule has 0 unspecified atom stereocenters. The van der Waals surface area contributed by atoms with Crippen LogP contribution in [0.25, 0.3) is 0 Å². The molecule has 18 heavy (non-hydrogen) atoms. The molecule has 0 saturated heterocycles. The van der Waals surface area contributed by atoms with E-state index in [9.17, 15) is 10.1 Å². The summed E-state index contributed by atoms with van der Waals surface area (Å²) in [5.74, 6) is 0. The van der Waals surface area contributed by atoms with Gasteiger partial charge >= 0.3 is 5.00 Å². The fourth-order valence-electron chi connectivity index (χ4n) is 2.05. The summed E-state index contributed by atoms with van der Waals surface area (Å²) in [6.07, 6.45) is 2.68. The zero-order chi connectivity index (χ0) is 13.0. The number of nitro groups is 1. The molecule has 5 nitrogen and oxygen atoms in total. The molecule has 0 aliphatic heterocycles. The van der Waals surface area contributed by atoms with Gasteiger partial charge in [-0.2, -0.15) is 0 Å². The zero-order valence-electron chi connectivity index (χ0n) is 10.6. The van der Waals surface area contributed by atoms with E-state index in [1.807, 2.05) is 5.38 Å². The maximum atomic E-state index is 10.5. The quantitative estimate of drug-likeness (QED) is 0.446. The Labute approximate surface area is 111 Å². The molecule has 1 N–H and O–H groups in total. The predicted octanol–water partition coefficient (Wildman–Crippen LogP) is 2.23. The standard InChI is InChI=1S/C12H19N3O2S/c1-2-14(11-3-4-11)6-5-13-8-10-7-12(15(16)17)18-9-10/h7,9,11,13H,2-6,8H2,1H3. The van der Waals surface area contributed by atoms with Gasteiger partial charge in [-0.15, -0.1) is 0 Å². The summed E-state index contributed by atoms with van der Waals surface area (Å²) in [7, 11) is 0. The normalized spacial score (nSPS) is 15.2. The maximum absolute atomic E-state index is 10.5. The molecular weight excluding hydrogens is 250 g/mol. The SMILES string of the molecule is CCN(CCNCc1csc([N+](=O)[O-])c1)C1CC1. The van der Waals surface area contributed by atoms with Gasteiger partial charge in [-0.1, -0.05) is 18.3 Å². The summed E-state index contributed by atoms with van der Waals surface area (Å²) in [4.78, 5) is 12.7. The topological polar surface area (TPSA) is 58.4 Å². The lowest BCUT2D eigenvalue weighted by Gasteiger charge is -2.19. The van der Waals surface area contributed by atoms with Gasteiger partial charge in [0.25, 0.3) is 0 Å². The maximum Gasteiger partial charge on any atom is 0.324 e. The number of hydrogen-bond acceptors (Lipinski definition) is 5. The number of nitrogens with one attached hydrogen (secondary N) is 1. The molecule has 1 aliphatic carbocycles. The lowest BCUT2D eigenvalue weighted by molar-refractivity contribution is -0.380. The minimum atomic E-state index is -0.333. The fourth-order valence-corrected chi connectivity index (χ4v) is 2.77. The molecule has 0 spiro atoms. The molecule has 0 atom stereocenters. The van der Waals surface area contributed by atoms with Crippen LogP contribution in [0.5, 0.6) is 0 Å². The van der Waals surface area contributed by atoms with Crippen LogP contribution in [0, 0.1) is 10.1 Å². The molecule has 1 aromatic heterocycles. The van der Waals surface area contributed by atoms with Crippen LogP contribution in [0.4, 0.5) is 5.00 Å². The average Bonchev–Trinajstić information content (AvgIpc) is 3.07. The molecule has 1 aliphatic rings. The Morgan fingerprint density at radius 2 is 2.39 bits per heavy atom. The van der Waals surface area contributed by atoms with Crippen LogP contribution in [0.1, 0.15) is 25.3 Å². The van der Waals surface area contributed by atoms with E-state index in [0.717, 1.165) is 31.2 Å². The number of nitrogens with zero attached hydrogens (tertiary/aromatic N) is 2. The van der Waals surface area contributed by atoms with Crippen LogP contribution in [0.2, 0.25) is 0 Å². The first-order chi connectivity index (χ1) is 8.70. The van der Waals surface area contributed by atoms with Crippen molar-refractivity contribution in [2.75, 3.05) is 19.6 Å². The van der Waals surface area contributed by atoms with Crippen molar-refractivity contribution in [3.05, 3.63) is 27.1 Å². The van der Waals surface area contributed by atoms with Crippen LogP contribution < -0.4 is 5.32 Å². The third kappa shape index (κ3) is 3.76. The summed E-state index contributed by atoms with van der Waals surface area (Å²) in [6, 6.07) is 2.45. The number of rotatable bonds is 8. The molecule has 1 aromatic rings. The second kappa shape index (κ2) is 6.26. The van der Waals surface area contributed by atoms with Gasteiger partial charge in [0.2, 0.25) is 0 Å². The van der Waals surface area contributed by atoms with Gasteiger partial charge in [-0.3, -0.25) is 15.0 Å². The fraction of sp³-hybridized carbons (Fsp3) is 0.667. The molecule has 0 aromatic carbocycles. The number of thiophene rings is 1. The van der Waals surface area contributed by atoms with Crippen LogP contribution in [0.3, 0.4) is 0 Å². The van der Waals surface area contributed by atoms with Crippen molar-refractivity contribution in [2.45, 2.75) is 32.4 Å². The van der Waals surface area contributed by atoms with E-state index in [2.05, 4.69) is 17.1 Å². The molecule has 0 amide bonds. The molecule has 1 heterocycles. The van der Waals surface area contributed by atoms with Crippen LogP contribution in [-0.4, -0.2) is 35.5 Å². The Kier molecular flexibility index (Phi) is 4.68. The van der Waals surface area contributed by atoms with Crippen LogP contribution >= 0.6 is 11.3 Å². The average molecular weight is 269 g/mol. The summed E-state index contributed by atoms with van der Waals surface area (Å²) in [5.41, 5.74) is 1.00. The highest BCUT2D eigenvalue weighted by molar-refractivity contribution is 7.13. The van der Waals surface area contributed by atoms with Crippen molar-refractivity contribution in [3.63, 3.8) is 0 Å². The molecule has 6 heteroatoms. The molecule has 0 bridgehead atoms. The molecule has 2 rings (SSSR count). The first kappa shape index (κ1) is 13.5. The summed E-state index contributed by atoms with van der Waals surface area (Å²) < 4.78 is 0. The van der Waals surface area contributed by atoms with Gasteiger partial charge in [0.05, 0.1) is 4.92 Å². The number of likely N-dealkylation sites (N-methyl/N-ethyl adjacent to an activating group) is 1. The van der Waals surface area contributed by atoms with Crippen molar-refractivity contribution in [2.24, 2.45) is 0 Å². The van der Waals surface area contributed by atoms with E-state index < -0.39 is 0 Å². The Morgan fingerprint density at radius 3 is 2.94 bits per heavy atom. The predicted molar refractivity (Wildman–Crippen MR) is 72.9 cm³/mol. The van der Waals surface area contributed by atoms with Crippen molar-refractivity contribution in [3.8, 4) is 0 Å². The van der Waals surface area contributed by atoms with Crippen LogP contribution in [0.15, 0.2) is 11.4 Å². The minimum absolute atomic E-state index is 0.222. The third-order valence-electron chi connectivity index (χ3n) is 3.19. The third-order valence-corrected chi connectivity index (χ3v) is 4.12. The monoisotopic (exact) mass is 269 g/mol. The highest BCUT2D eigenvalue weighted by atomic mass is 32.1. The molecule has 0 radical (unpaired) electrons. The largest absolute Gasteiger partial charge is 0.324 e. The smallest absolute Gasteiger partial charge is 0.311 e. The Balaban J connectivity index is 1.66. The van der Waals surface area contributed by atoms with Crippen molar-refractivity contribution in [1.82, 2.24) is 10.2 Å². The molecule has 1 fully saturated rings. The summed E-state index contributed by atoms with van der Waals surface area (Å²) in [6.45, 7) is 6.02. The highest BCUT2D eigenvalue weighted by Crippen LogP contribution is 2.26. The second-order valence-corrected chi connectivity index (χ2v) is 5.48. The van der Waals surface area contributed by atoms with E-state index in [-0.39, 0.29) is 9.92 Å². The van der Waals surface area contributed by atoms with Gasteiger partial charge in [0.15, 0.2) is 0 Å². The summed E-state index contributed by atoms with van der Waals surface area (Å²) >= 11 is 1.19.